The van der Waals surface area contributed by atoms with Crippen LogP contribution in [-0.2, 0) is 19.5 Å². The van der Waals surface area contributed by atoms with Crippen LogP contribution in [0.1, 0.15) is 30.5 Å². The monoisotopic (exact) mass is 437 g/mol. The predicted molar refractivity (Wildman–Crippen MR) is 120 cm³/mol. The van der Waals surface area contributed by atoms with Crippen molar-refractivity contribution in [2.45, 2.75) is 44.8 Å². The van der Waals surface area contributed by atoms with E-state index in [9.17, 15) is 9.18 Å². The predicted octanol–water partition coefficient (Wildman–Crippen LogP) is 2.51. The Hall–Kier alpha value is -2.84. The second-order valence-electron chi connectivity index (χ2n) is 8.61. The molecule has 1 N–H and O–H groups in total. The van der Waals surface area contributed by atoms with Gasteiger partial charge >= 0.3 is 0 Å². The van der Waals surface area contributed by atoms with Crippen molar-refractivity contribution in [3.8, 4) is 5.75 Å². The molecule has 0 amide bonds. The van der Waals surface area contributed by atoms with Crippen LogP contribution in [0, 0.1) is 5.82 Å². The maximum absolute atomic E-state index is 13.7. The molecule has 0 atom stereocenters. The van der Waals surface area contributed by atoms with Crippen LogP contribution < -0.4 is 15.6 Å². The molecule has 3 aromatic heterocycles. The summed E-state index contributed by atoms with van der Waals surface area (Å²) >= 11 is 0. The topological polar surface area (TPSA) is 72.3 Å². The molecule has 8 heteroatoms. The van der Waals surface area contributed by atoms with Gasteiger partial charge in [0.2, 0.25) is 0 Å². The van der Waals surface area contributed by atoms with Gasteiger partial charge in [-0.1, -0.05) is 0 Å². The fourth-order valence-corrected chi connectivity index (χ4v) is 4.59. The molecule has 168 valence electrons. The molecule has 0 radical (unpaired) electrons. The average Bonchev–Trinajstić information content (AvgIpc) is 2.82. The van der Waals surface area contributed by atoms with Crippen molar-refractivity contribution in [1.82, 2.24) is 24.8 Å². The Balaban J connectivity index is 1.13. The Morgan fingerprint density at radius 2 is 2.00 bits per heavy atom. The summed E-state index contributed by atoms with van der Waals surface area (Å²) in [5.74, 6) is 0.556. The van der Waals surface area contributed by atoms with E-state index < -0.39 is 5.82 Å². The SMILES string of the molecule is O=c1ccc2ncc(F)cc2n1CCN1CCC(NCc2cc3c(cn2)CCCO3)CC1. The number of fused-ring (bicyclic) bond motifs is 2. The first-order chi connectivity index (χ1) is 15.7. The molecule has 2 aliphatic rings. The van der Waals surface area contributed by atoms with Gasteiger partial charge in [-0.15, -0.1) is 0 Å². The van der Waals surface area contributed by atoms with Gasteiger partial charge in [0.05, 0.1) is 29.5 Å². The second kappa shape index (κ2) is 9.34. The zero-order valence-corrected chi connectivity index (χ0v) is 18.1. The number of nitrogens with one attached hydrogen (secondary N) is 1. The van der Waals surface area contributed by atoms with Crippen LogP contribution in [0.25, 0.3) is 11.0 Å². The highest BCUT2D eigenvalue weighted by Gasteiger charge is 2.20. The Bertz CT molecular complexity index is 1160. The molecule has 0 aliphatic carbocycles. The largest absolute Gasteiger partial charge is 0.493 e. The molecule has 0 unspecified atom stereocenters. The lowest BCUT2D eigenvalue weighted by Crippen LogP contribution is -2.43. The van der Waals surface area contributed by atoms with Crippen LogP contribution in [0.4, 0.5) is 4.39 Å². The van der Waals surface area contributed by atoms with Crippen molar-refractivity contribution in [1.29, 1.82) is 0 Å². The van der Waals surface area contributed by atoms with Crippen molar-refractivity contribution < 1.29 is 9.13 Å². The van der Waals surface area contributed by atoms with E-state index >= 15 is 0 Å². The fraction of sp³-hybridized carbons (Fsp3) is 0.458. The number of likely N-dealkylation sites (tertiary alicyclic amines) is 1. The molecular formula is C24H28FN5O2. The molecule has 2 aliphatic heterocycles. The van der Waals surface area contributed by atoms with Crippen LogP contribution >= 0.6 is 0 Å². The summed E-state index contributed by atoms with van der Waals surface area (Å²) in [6.45, 7) is 4.74. The van der Waals surface area contributed by atoms with Crippen LogP contribution in [0.15, 0.2) is 41.5 Å². The Kier molecular flexibility index (Phi) is 6.14. The smallest absolute Gasteiger partial charge is 0.251 e. The van der Waals surface area contributed by atoms with Gasteiger partial charge in [-0.3, -0.25) is 14.8 Å². The molecule has 0 aromatic carbocycles. The van der Waals surface area contributed by atoms with E-state index in [1.807, 2.05) is 6.20 Å². The quantitative estimate of drug-likeness (QED) is 0.639. The van der Waals surface area contributed by atoms with Crippen molar-refractivity contribution in [3.63, 3.8) is 0 Å². The third-order valence-electron chi connectivity index (χ3n) is 6.45. The molecule has 32 heavy (non-hydrogen) atoms. The third-order valence-corrected chi connectivity index (χ3v) is 6.45. The normalized spacial score (nSPS) is 17.3. The Morgan fingerprint density at radius 1 is 1.12 bits per heavy atom. The summed E-state index contributed by atoms with van der Waals surface area (Å²) < 4.78 is 21.0. The molecule has 0 saturated carbocycles. The lowest BCUT2D eigenvalue weighted by Gasteiger charge is -2.32. The number of aryl methyl sites for hydroxylation is 1. The molecule has 7 nitrogen and oxygen atoms in total. The summed E-state index contributed by atoms with van der Waals surface area (Å²) in [5.41, 5.74) is 3.29. The molecule has 5 heterocycles. The van der Waals surface area contributed by atoms with E-state index in [0.717, 1.165) is 69.9 Å². The average molecular weight is 438 g/mol. The van der Waals surface area contributed by atoms with E-state index in [1.165, 1.54) is 23.9 Å². The van der Waals surface area contributed by atoms with Gasteiger partial charge in [-0.05, 0) is 44.8 Å². The summed E-state index contributed by atoms with van der Waals surface area (Å²) in [6.07, 6.45) is 7.33. The van der Waals surface area contributed by atoms with Gasteiger partial charge in [-0.25, -0.2) is 4.39 Å². The summed E-state index contributed by atoms with van der Waals surface area (Å²) in [5, 5.41) is 3.63. The number of rotatable bonds is 6. The maximum Gasteiger partial charge on any atom is 0.251 e. The maximum atomic E-state index is 13.7. The van der Waals surface area contributed by atoms with Crippen molar-refractivity contribution in [3.05, 3.63) is 64.1 Å². The molecule has 3 aromatic rings. The van der Waals surface area contributed by atoms with Crippen molar-refractivity contribution in [2.24, 2.45) is 0 Å². The minimum atomic E-state index is -0.427. The van der Waals surface area contributed by atoms with Crippen LogP contribution in [-0.4, -0.2) is 51.7 Å². The number of ether oxygens (including phenoxy) is 1. The number of halogens is 1. The van der Waals surface area contributed by atoms with Gasteiger partial charge in [0.25, 0.3) is 5.56 Å². The lowest BCUT2D eigenvalue weighted by atomic mass is 10.0. The van der Waals surface area contributed by atoms with Gasteiger partial charge in [0.1, 0.15) is 11.6 Å². The zero-order chi connectivity index (χ0) is 21.9. The Labute approximate surface area is 186 Å². The first kappa shape index (κ1) is 21.0. The number of piperidine rings is 1. The highest BCUT2D eigenvalue weighted by atomic mass is 19.1. The molecule has 1 saturated heterocycles. The minimum Gasteiger partial charge on any atom is -0.493 e. The lowest BCUT2D eigenvalue weighted by molar-refractivity contribution is 0.191. The Morgan fingerprint density at radius 3 is 2.88 bits per heavy atom. The van der Waals surface area contributed by atoms with E-state index in [0.29, 0.717) is 23.6 Å². The summed E-state index contributed by atoms with van der Waals surface area (Å²) in [7, 11) is 0. The number of pyridine rings is 3. The van der Waals surface area contributed by atoms with Crippen LogP contribution in [0.3, 0.4) is 0 Å². The molecule has 0 bridgehead atoms. The molecule has 5 rings (SSSR count). The van der Waals surface area contributed by atoms with E-state index in [-0.39, 0.29) is 5.56 Å². The first-order valence-electron chi connectivity index (χ1n) is 11.4. The molecule has 1 fully saturated rings. The van der Waals surface area contributed by atoms with Gasteiger partial charge in [-0.2, -0.15) is 0 Å². The first-order valence-corrected chi connectivity index (χ1v) is 11.4. The van der Waals surface area contributed by atoms with Crippen LogP contribution in [0.2, 0.25) is 0 Å². The number of nitrogens with zero attached hydrogens (tertiary/aromatic N) is 4. The summed E-state index contributed by atoms with van der Waals surface area (Å²) in [6, 6.07) is 7.05. The van der Waals surface area contributed by atoms with Gasteiger partial charge in [0.15, 0.2) is 0 Å². The standard InChI is InChI=1S/C24H28FN5O2/c25-18-12-22-21(28-15-18)3-4-24(31)30(22)10-9-29-7-5-19(6-8-29)27-16-20-13-23-17(14-26-20)2-1-11-32-23/h3-4,12-15,19,27H,1-2,5-11,16H2. The van der Waals surface area contributed by atoms with Gasteiger partial charge in [0, 0.05) is 55.6 Å². The van der Waals surface area contributed by atoms with E-state index in [4.69, 9.17) is 4.74 Å². The van der Waals surface area contributed by atoms with E-state index in [1.54, 1.807) is 10.6 Å². The van der Waals surface area contributed by atoms with Crippen molar-refractivity contribution in [2.75, 3.05) is 26.2 Å². The minimum absolute atomic E-state index is 0.122. The molecule has 0 spiro atoms. The summed E-state index contributed by atoms with van der Waals surface area (Å²) in [4.78, 5) is 23.4. The highest BCUT2D eigenvalue weighted by molar-refractivity contribution is 5.74. The van der Waals surface area contributed by atoms with E-state index in [2.05, 4.69) is 26.3 Å². The zero-order valence-electron chi connectivity index (χ0n) is 18.1. The third kappa shape index (κ3) is 4.66. The number of aromatic nitrogens is 3. The van der Waals surface area contributed by atoms with Gasteiger partial charge < -0.3 is 19.5 Å². The van der Waals surface area contributed by atoms with Crippen LogP contribution in [0.5, 0.6) is 5.75 Å². The number of hydrogen-bond donors (Lipinski definition) is 1. The highest BCUT2D eigenvalue weighted by Crippen LogP contribution is 2.24. The number of hydrogen-bond acceptors (Lipinski definition) is 6. The fourth-order valence-electron chi connectivity index (χ4n) is 4.59. The van der Waals surface area contributed by atoms with Crippen molar-refractivity contribution >= 4 is 11.0 Å². The molecular weight excluding hydrogens is 409 g/mol. The second-order valence-corrected chi connectivity index (χ2v) is 8.61.